The molecule has 0 spiro atoms. The number of nitrogens with zero attached hydrogens (tertiary/aromatic N) is 1. The van der Waals surface area contributed by atoms with Gasteiger partial charge in [-0.3, -0.25) is 9.59 Å². The van der Waals surface area contributed by atoms with Crippen molar-refractivity contribution < 1.29 is 24.2 Å². The first-order chi connectivity index (χ1) is 13.7. The van der Waals surface area contributed by atoms with Crippen LogP contribution < -0.4 is 11.1 Å². The summed E-state index contributed by atoms with van der Waals surface area (Å²) >= 11 is 0. The second-order valence-corrected chi connectivity index (χ2v) is 10.1. The van der Waals surface area contributed by atoms with E-state index in [0.717, 1.165) is 38.5 Å². The fourth-order valence-corrected chi connectivity index (χ4v) is 5.54. The average molecular weight is 431 g/mol. The van der Waals surface area contributed by atoms with E-state index in [-0.39, 0.29) is 36.6 Å². The number of aliphatic hydroxyl groups excluding tert-OH is 1. The van der Waals surface area contributed by atoms with Gasteiger partial charge in [0.05, 0.1) is 12.1 Å². The molecule has 8 nitrogen and oxygen atoms in total. The summed E-state index contributed by atoms with van der Waals surface area (Å²) in [4.78, 5) is 36.4. The number of hydrogen-bond donors (Lipinski definition) is 4. The summed E-state index contributed by atoms with van der Waals surface area (Å²) in [5, 5.41) is 13.1. The van der Waals surface area contributed by atoms with Crippen molar-refractivity contribution in [3.63, 3.8) is 0 Å². The zero-order valence-electron chi connectivity index (χ0n) is 17.6. The van der Waals surface area contributed by atoms with Crippen LogP contribution in [0.15, 0.2) is 0 Å². The third kappa shape index (κ3) is 6.71. The summed E-state index contributed by atoms with van der Waals surface area (Å²) in [6.07, 6.45) is 5.73. The number of rotatable bonds is 9. The van der Waals surface area contributed by atoms with Crippen molar-refractivity contribution in [2.45, 2.75) is 89.1 Å². The summed E-state index contributed by atoms with van der Waals surface area (Å²) in [6, 6.07) is -1.20. The largest absolute Gasteiger partial charge is 0.509 e. The molecule has 1 aliphatic heterocycles. The first kappa shape index (κ1) is 24.2. The number of nitrogens with one attached hydrogen (secondary N) is 1. The van der Waals surface area contributed by atoms with E-state index < -0.39 is 31.9 Å². The molecule has 9 heteroatoms. The van der Waals surface area contributed by atoms with Crippen LogP contribution in [0.5, 0.6) is 0 Å². The maximum atomic E-state index is 12.6. The molecule has 2 aliphatic rings. The molecule has 0 aromatic rings. The first-order valence-electron chi connectivity index (χ1n) is 10.9. The standard InChI is InChI=1S/C20H36N3O5P/c1-13(2)18(21)20(26)23-10-6-9-16(23)19(25)22-12-15(24)11-17(29(27)28)14-7-4-3-5-8-14/h13-18,24H,3-12,21H2,1-2H3,(H-,22,25,27,28)/p+1/t15-,16+,17?,18+/m1/s1. The average Bonchev–Trinajstić information content (AvgIpc) is 3.19. The third-order valence-electron chi connectivity index (χ3n) is 6.35. The minimum Gasteiger partial charge on any atom is -0.391 e. The van der Waals surface area contributed by atoms with Gasteiger partial charge in [-0.1, -0.05) is 33.1 Å². The second-order valence-electron chi connectivity index (χ2n) is 8.86. The Morgan fingerprint density at radius 3 is 2.41 bits per heavy atom. The van der Waals surface area contributed by atoms with E-state index in [1.807, 2.05) is 13.8 Å². The Morgan fingerprint density at radius 1 is 1.17 bits per heavy atom. The van der Waals surface area contributed by atoms with Gasteiger partial charge in [-0.15, -0.1) is 0 Å². The first-order valence-corrected chi connectivity index (χ1v) is 12.2. The lowest BCUT2D eigenvalue weighted by Gasteiger charge is -2.28. The summed E-state index contributed by atoms with van der Waals surface area (Å²) in [7, 11) is -2.37. The van der Waals surface area contributed by atoms with E-state index in [4.69, 9.17) is 5.73 Å². The molecule has 2 amide bonds. The van der Waals surface area contributed by atoms with Crippen molar-refractivity contribution in [2.24, 2.45) is 17.6 Å². The molecule has 1 aliphatic carbocycles. The number of nitrogens with two attached hydrogens (primary N) is 1. The normalized spacial score (nSPS) is 24.3. The van der Waals surface area contributed by atoms with Crippen LogP contribution in [0, 0.1) is 11.8 Å². The molecule has 2 unspecified atom stereocenters. The lowest BCUT2D eigenvalue weighted by atomic mass is 9.85. The van der Waals surface area contributed by atoms with E-state index >= 15 is 0 Å². The molecular formula is C20H37N3O5P+. The molecule has 166 valence electrons. The van der Waals surface area contributed by atoms with Gasteiger partial charge in [0, 0.05) is 25.4 Å². The van der Waals surface area contributed by atoms with Crippen LogP contribution in [-0.2, 0) is 14.2 Å². The molecule has 1 saturated carbocycles. The molecule has 5 atom stereocenters. The second kappa shape index (κ2) is 11.3. The van der Waals surface area contributed by atoms with Gasteiger partial charge in [0.1, 0.15) is 6.04 Å². The van der Waals surface area contributed by atoms with E-state index in [1.54, 1.807) is 4.90 Å². The number of hydrogen-bond acceptors (Lipinski definition) is 5. The van der Waals surface area contributed by atoms with Gasteiger partial charge >= 0.3 is 8.03 Å². The van der Waals surface area contributed by atoms with Crippen molar-refractivity contribution in [1.29, 1.82) is 0 Å². The Balaban J connectivity index is 1.86. The lowest BCUT2D eigenvalue weighted by molar-refractivity contribution is -0.140. The maximum absolute atomic E-state index is 12.6. The molecule has 5 N–H and O–H groups in total. The summed E-state index contributed by atoms with van der Waals surface area (Å²) in [6.45, 7) is 4.27. The molecule has 29 heavy (non-hydrogen) atoms. The maximum Gasteiger partial charge on any atom is 0.509 e. The molecule has 2 rings (SSSR count). The number of carbonyl (C=O) groups excluding carboxylic acids is 2. The number of aliphatic hydroxyl groups is 1. The Bertz CT molecular complexity index is 582. The zero-order chi connectivity index (χ0) is 21.6. The minimum atomic E-state index is -2.37. The highest BCUT2D eigenvalue weighted by Gasteiger charge is 2.40. The molecular weight excluding hydrogens is 393 g/mol. The van der Waals surface area contributed by atoms with Gasteiger partial charge in [0.2, 0.25) is 11.8 Å². The van der Waals surface area contributed by atoms with Gasteiger partial charge in [0.25, 0.3) is 0 Å². The Hall–Kier alpha value is -1.08. The van der Waals surface area contributed by atoms with Crippen LogP contribution in [0.3, 0.4) is 0 Å². The van der Waals surface area contributed by atoms with E-state index in [9.17, 15) is 24.2 Å². The number of likely N-dealkylation sites (tertiary alicyclic amines) is 1. The van der Waals surface area contributed by atoms with Gasteiger partial charge < -0.3 is 21.1 Å². The van der Waals surface area contributed by atoms with Crippen LogP contribution in [0.1, 0.15) is 65.2 Å². The molecule has 0 bridgehead atoms. The summed E-state index contributed by atoms with van der Waals surface area (Å²) in [5.74, 6) is -0.365. The molecule has 0 radical (unpaired) electrons. The van der Waals surface area contributed by atoms with Crippen LogP contribution in [0.25, 0.3) is 0 Å². The van der Waals surface area contributed by atoms with E-state index in [1.165, 1.54) is 0 Å². The van der Waals surface area contributed by atoms with Crippen molar-refractivity contribution >= 4 is 19.8 Å². The third-order valence-corrected chi connectivity index (χ3v) is 7.54. The predicted molar refractivity (Wildman–Crippen MR) is 111 cm³/mol. The smallest absolute Gasteiger partial charge is 0.391 e. The highest BCUT2D eigenvalue weighted by molar-refractivity contribution is 7.38. The van der Waals surface area contributed by atoms with Crippen LogP contribution >= 0.6 is 8.03 Å². The molecule has 2 fully saturated rings. The molecule has 1 heterocycles. The summed E-state index contributed by atoms with van der Waals surface area (Å²) < 4.78 is 11.8. The minimum absolute atomic E-state index is 0.00850. The number of amides is 2. The van der Waals surface area contributed by atoms with E-state index in [2.05, 4.69) is 5.32 Å². The van der Waals surface area contributed by atoms with Gasteiger partial charge in [-0.2, -0.15) is 4.89 Å². The highest BCUT2D eigenvalue weighted by atomic mass is 31.1. The highest BCUT2D eigenvalue weighted by Crippen LogP contribution is 2.40. The molecule has 0 aromatic carbocycles. The quantitative estimate of drug-likeness (QED) is 0.410. The Morgan fingerprint density at radius 2 is 1.83 bits per heavy atom. The van der Waals surface area contributed by atoms with Crippen molar-refractivity contribution in [3.05, 3.63) is 0 Å². The van der Waals surface area contributed by atoms with Crippen LogP contribution in [0.2, 0.25) is 0 Å². The van der Waals surface area contributed by atoms with Crippen molar-refractivity contribution in [2.75, 3.05) is 13.1 Å². The van der Waals surface area contributed by atoms with Crippen molar-refractivity contribution in [3.8, 4) is 0 Å². The lowest BCUT2D eigenvalue weighted by Crippen LogP contribution is -2.53. The summed E-state index contributed by atoms with van der Waals surface area (Å²) in [5.41, 5.74) is 5.52. The van der Waals surface area contributed by atoms with E-state index in [0.29, 0.717) is 13.0 Å². The molecule has 1 saturated heterocycles. The predicted octanol–water partition coefficient (Wildman–Crippen LogP) is 1.51. The fourth-order valence-electron chi connectivity index (χ4n) is 4.46. The fraction of sp³-hybridized carbons (Fsp3) is 0.900. The Kier molecular flexibility index (Phi) is 9.47. The van der Waals surface area contributed by atoms with Crippen LogP contribution in [-0.4, -0.2) is 63.7 Å². The van der Waals surface area contributed by atoms with Gasteiger partial charge in [0.15, 0.2) is 5.66 Å². The Labute approximate surface area is 174 Å². The number of carbonyl (C=O) groups is 2. The van der Waals surface area contributed by atoms with Crippen LogP contribution in [0.4, 0.5) is 0 Å². The zero-order valence-corrected chi connectivity index (χ0v) is 18.5. The van der Waals surface area contributed by atoms with Gasteiger partial charge in [-0.25, -0.2) is 0 Å². The topological polar surface area (TPSA) is 133 Å². The molecule has 0 aromatic heterocycles. The van der Waals surface area contributed by atoms with Crippen molar-refractivity contribution in [1.82, 2.24) is 10.2 Å². The van der Waals surface area contributed by atoms with Gasteiger partial charge in [-0.05, 0) is 36.2 Å². The SMILES string of the molecule is CC(C)[C@H](N)C(=O)N1CCC[C@H]1C(=O)NC[C@H](O)CC(C1CCCCC1)[P+](=O)O. The monoisotopic (exact) mass is 430 g/mol.